The average molecular weight is 260 g/mol. The first-order chi connectivity index (χ1) is 9.20. The summed E-state index contributed by atoms with van der Waals surface area (Å²) in [6.07, 6.45) is 8.89. The Labute approximate surface area is 113 Å². The quantitative estimate of drug-likeness (QED) is 0.849. The maximum absolute atomic E-state index is 12.4. The number of nitrogens with one attached hydrogen (secondary N) is 1. The molecule has 102 valence electrons. The van der Waals surface area contributed by atoms with Crippen LogP contribution in [0.15, 0.2) is 12.4 Å². The summed E-state index contributed by atoms with van der Waals surface area (Å²) in [6.45, 7) is 2.75. The molecule has 0 aliphatic heterocycles. The van der Waals surface area contributed by atoms with E-state index < -0.39 is 5.41 Å². The van der Waals surface area contributed by atoms with Crippen LogP contribution in [0.1, 0.15) is 45.4 Å². The highest BCUT2D eigenvalue weighted by atomic mass is 16.2. The van der Waals surface area contributed by atoms with E-state index in [0.717, 1.165) is 32.2 Å². The van der Waals surface area contributed by atoms with Crippen molar-refractivity contribution in [1.29, 1.82) is 5.26 Å². The molecule has 0 atom stereocenters. The molecule has 5 heteroatoms. The molecule has 1 N–H and O–H groups in total. The van der Waals surface area contributed by atoms with Crippen LogP contribution in [-0.2, 0) is 11.3 Å². The van der Waals surface area contributed by atoms with E-state index in [-0.39, 0.29) is 5.91 Å². The number of amides is 1. The van der Waals surface area contributed by atoms with E-state index in [1.165, 1.54) is 0 Å². The molecular weight excluding hydrogens is 240 g/mol. The largest absolute Gasteiger partial charge is 0.322 e. The van der Waals surface area contributed by atoms with Crippen molar-refractivity contribution in [1.82, 2.24) is 9.78 Å². The topological polar surface area (TPSA) is 70.7 Å². The zero-order chi connectivity index (χ0) is 13.7. The van der Waals surface area contributed by atoms with Crippen LogP contribution < -0.4 is 5.32 Å². The van der Waals surface area contributed by atoms with E-state index in [9.17, 15) is 10.1 Å². The van der Waals surface area contributed by atoms with Gasteiger partial charge < -0.3 is 5.32 Å². The molecule has 0 spiro atoms. The Bertz CT molecular complexity index is 478. The molecule has 0 unspecified atom stereocenters. The van der Waals surface area contributed by atoms with Crippen LogP contribution in [0.25, 0.3) is 0 Å². The molecule has 1 amide bonds. The molecule has 1 aliphatic carbocycles. The number of rotatable bonds is 3. The van der Waals surface area contributed by atoms with Crippen LogP contribution in [0.5, 0.6) is 0 Å². The van der Waals surface area contributed by atoms with E-state index in [1.807, 2.05) is 6.92 Å². The third-order valence-corrected chi connectivity index (χ3v) is 3.82. The summed E-state index contributed by atoms with van der Waals surface area (Å²) < 4.78 is 1.75. The normalized spacial score (nSPS) is 18.3. The molecular formula is C14H20N4O. The van der Waals surface area contributed by atoms with Crippen LogP contribution in [0.3, 0.4) is 0 Å². The smallest absolute Gasteiger partial charge is 0.244 e. The molecule has 2 rings (SSSR count). The number of aryl methyl sites for hydroxylation is 1. The van der Waals surface area contributed by atoms with Crippen LogP contribution in [0.2, 0.25) is 0 Å². The average Bonchev–Trinajstić information content (AvgIpc) is 2.74. The summed E-state index contributed by atoms with van der Waals surface area (Å²) in [5.74, 6) is -0.174. The van der Waals surface area contributed by atoms with Gasteiger partial charge in [0.25, 0.3) is 0 Å². The molecule has 0 saturated heterocycles. The van der Waals surface area contributed by atoms with Crippen molar-refractivity contribution in [3.05, 3.63) is 12.4 Å². The molecule has 5 nitrogen and oxygen atoms in total. The van der Waals surface area contributed by atoms with E-state index in [4.69, 9.17) is 0 Å². The van der Waals surface area contributed by atoms with E-state index in [2.05, 4.69) is 16.5 Å². The number of aromatic nitrogens is 2. The van der Waals surface area contributed by atoms with Gasteiger partial charge in [-0.15, -0.1) is 0 Å². The lowest BCUT2D eigenvalue weighted by Gasteiger charge is -2.23. The Balaban J connectivity index is 2.10. The fourth-order valence-corrected chi connectivity index (χ4v) is 2.57. The van der Waals surface area contributed by atoms with Crippen molar-refractivity contribution in [3.8, 4) is 6.07 Å². The number of anilines is 1. The third kappa shape index (κ3) is 2.95. The van der Waals surface area contributed by atoms with Gasteiger partial charge in [0.1, 0.15) is 5.41 Å². The Morgan fingerprint density at radius 3 is 2.68 bits per heavy atom. The van der Waals surface area contributed by atoms with Gasteiger partial charge in [0.2, 0.25) is 5.91 Å². The Kier molecular flexibility index (Phi) is 4.20. The van der Waals surface area contributed by atoms with Crippen LogP contribution in [-0.4, -0.2) is 15.7 Å². The van der Waals surface area contributed by atoms with Gasteiger partial charge in [0.15, 0.2) is 0 Å². The van der Waals surface area contributed by atoms with Crippen molar-refractivity contribution in [2.24, 2.45) is 5.41 Å². The van der Waals surface area contributed by atoms with Gasteiger partial charge in [-0.1, -0.05) is 25.7 Å². The predicted molar refractivity (Wildman–Crippen MR) is 72.3 cm³/mol. The van der Waals surface area contributed by atoms with Gasteiger partial charge in [0, 0.05) is 12.7 Å². The summed E-state index contributed by atoms with van der Waals surface area (Å²) in [4.78, 5) is 12.4. The minimum Gasteiger partial charge on any atom is -0.322 e. The van der Waals surface area contributed by atoms with Crippen LogP contribution in [0, 0.1) is 16.7 Å². The zero-order valence-corrected chi connectivity index (χ0v) is 11.4. The van der Waals surface area contributed by atoms with E-state index in [1.54, 1.807) is 17.1 Å². The Morgan fingerprint density at radius 1 is 1.47 bits per heavy atom. The SMILES string of the molecule is CCn1cc(NC(=O)C2(C#N)CCCCCC2)cn1. The molecule has 0 bridgehead atoms. The zero-order valence-electron chi connectivity index (χ0n) is 11.4. The maximum atomic E-state index is 12.4. The van der Waals surface area contributed by atoms with Gasteiger partial charge >= 0.3 is 0 Å². The molecule has 0 aromatic carbocycles. The lowest BCUT2D eigenvalue weighted by molar-refractivity contribution is -0.123. The van der Waals surface area contributed by atoms with Crippen molar-refractivity contribution in [2.45, 2.75) is 52.0 Å². The van der Waals surface area contributed by atoms with E-state index >= 15 is 0 Å². The summed E-state index contributed by atoms with van der Waals surface area (Å²) in [6, 6.07) is 2.26. The number of hydrogen-bond donors (Lipinski definition) is 1. The third-order valence-electron chi connectivity index (χ3n) is 3.82. The van der Waals surface area contributed by atoms with Crippen molar-refractivity contribution >= 4 is 11.6 Å². The molecule has 1 aromatic rings. The first-order valence-corrected chi connectivity index (χ1v) is 6.95. The number of nitriles is 1. The molecule has 1 fully saturated rings. The summed E-state index contributed by atoms with van der Waals surface area (Å²) >= 11 is 0. The standard InChI is InChI=1S/C14H20N4O/c1-2-18-10-12(9-16-18)17-13(19)14(11-15)7-5-3-4-6-8-14/h9-10H,2-8H2,1H3,(H,17,19). The number of carbonyl (C=O) groups is 1. The monoisotopic (exact) mass is 260 g/mol. The van der Waals surface area contributed by atoms with Gasteiger partial charge in [0.05, 0.1) is 18.0 Å². The minimum atomic E-state index is -0.856. The Hall–Kier alpha value is -1.83. The fraction of sp³-hybridized carbons (Fsp3) is 0.643. The lowest BCUT2D eigenvalue weighted by atomic mass is 9.81. The van der Waals surface area contributed by atoms with Gasteiger partial charge in [-0.3, -0.25) is 9.48 Å². The lowest BCUT2D eigenvalue weighted by Crippen LogP contribution is -2.34. The summed E-state index contributed by atoms with van der Waals surface area (Å²) in [5.41, 5.74) is -0.184. The molecule has 1 aromatic heterocycles. The second kappa shape index (κ2) is 5.87. The number of nitrogens with zero attached hydrogens (tertiary/aromatic N) is 3. The van der Waals surface area contributed by atoms with Crippen molar-refractivity contribution in [3.63, 3.8) is 0 Å². The first-order valence-electron chi connectivity index (χ1n) is 6.95. The van der Waals surface area contributed by atoms with Crippen LogP contribution in [0.4, 0.5) is 5.69 Å². The van der Waals surface area contributed by atoms with Gasteiger partial charge in [-0.05, 0) is 19.8 Å². The molecule has 1 aliphatic rings. The van der Waals surface area contributed by atoms with Gasteiger partial charge in [-0.25, -0.2) is 0 Å². The van der Waals surface area contributed by atoms with Gasteiger partial charge in [-0.2, -0.15) is 10.4 Å². The Morgan fingerprint density at radius 2 is 2.16 bits per heavy atom. The number of hydrogen-bond acceptors (Lipinski definition) is 3. The second-order valence-corrected chi connectivity index (χ2v) is 5.15. The van der Waals surface area contributed by atoms with Crippen molar-refractivity contribution in [2.75, 3.05) is 5.32 Å². The minimum absolute atomic E-state index is 0.174. The van der Waals surface area contributed by atoms with Crippen LogP contribution >= 0.6 is 0 Å². The summed E-state index contributed by atoms with van der Waals surface area (Å²) in [5, 5.41) is 16.4. The maximum Gasteiger partial charge on any atom is 0.244 e. The molecule has 19 heavy (non-hydrogen) atoms. The van der Waals surface area contributed by atoms with Crippen molar-refractivity contribution < 1.29 is 4.79 Å². The highest BCUT2D eigenvalue weighted by Crippen LogP contribution is 2.35. The molecule has 1 saturated carbocycles. The molecule has 0 radical (unpaired) electrons. The first kappa shape index (κ1) is 13.6. The van der Waals surface area contributed by atoms with E-state index in [0.29, 0.717) is 18.5 Å². The highest BCUT2D eigenvalue weighted by Gasteiger charge is 2.38. The number of carbonyl (C=O) groups excluding carboxylic acids is 1. The summed E-state index contributed by atoms with van der Waals surface area (Å²) in [7, 11) is 0. The highest BCUT2D eigenvalue weighted by molar-refractivity contribution is 5.97. The second-order valence-electron chi connectivity index (χ2n) is 5.15. The fourth-order valence-electron chi connectivity index (χ4n) is 2.57. The molecule has 1 heterocycles. The predicted octanol–water partition coefficient (Wildman–Crippen LogP) is 2.71.